The minimum Gasteiger partial charge on any atom is -0.508 e. The highest BCUT2D eigenvalue weighted by Crippen LogP contribution is 2.42. The van der Waals surface area contributed by atoms with Crippen LogP contribution < -0.4 is 4.74 Å². The summed E-state index contributed by atoms with van der Waals surface area (Å²) in [6.07, 6.45) is -1.56. The van der Waals surface area contributed by atoms with Crippen molar-refractivity contribution < 1.29 is 30.3 Å². The molecule has 2 atom stereocenters. The highest BCUT2D eigenvalue weighted by atomic mass is 16.5. The highest BCUT2D eigenvalue weighted by molar-refractivity contribution is 5.52. The molecular weight excluding hydrogens is 276 g/mol. The van der Waals surface area contributed by atoms with Crippen LogP contribution >= 0.6 is 0 Å². The first-order valence-corrected chi connectivity index (χ1v) is 6.37. The number of fused-ring (bicyclic) bond motifs is 1. The molecule has 0 saturated carbocycles. The van der Waals surface area contributed by atoms with Crippen LogP contribution in [0, 0.1) is 0 Å². The second-order valence-electron chi connectivity index (χ2n) is 5.00. The van der Waals surface area contributed by atoms with Crippen LogP contribution in [0.1, 0.15) is 17.2 Å². The maximum atomic E-state index is 10.2. The Bertz CT molecular complexity index is 697. The summed E-state index contributed by atoms with van der Waals surface area (Å²) in [5.74, 6) is -0.589. The Morgan fingerprint density at radius 3 is 2.38 bits per heavy atom. The van der Waals surface area contributed by atoms with Crippen molar-refractivity contribution in [3.8, 4) is 28.7 Å². The van der Waals surface area contributed by atoms with Crippen molar-refractivity contribution in [3.63, 3.8) is 0 Å². The fourth-order valence-electron chi connectivity index (χ4n) is 2.47. The fourth-order valence-corrected chi connectivity index (χ4v) is 2.47. The van der Waals surface area contributed by atoms with Gasteiger partial charge in [-0.05, 0) is 17.7 Å². The number of rotatable bonds is 1. The summed E-state index contributed by atoms with van der Waals surface area (Å²) < 4.78 is 5.62. The molecule has 5 N–H and O–H groups in total. The topological polar surface area (TPSA) is 110 Å². The molecule has 0 fully saturated rings. The summed E-state index contributed by atoms with van der Waals surface area (Å²) in [4.78, 5) is 0. The van der Waals surface area contributed by atoms with Crippen molar-refractivity contribution in [1.82, 2.24) is 0 Å². The minimum absolute atomic E-state index is 0.143. The van der Waals surface area contributed by atoms with Gasteiger partial charge < -0.3 is 30.3 Å². The van der Waals surface area contributed by atoms with Crippen LogP contribution in [0.15, 0.2) is 30.3 Å². The molecular formula is C15H14O6. The molecule has 1 heterocycles. The monoisotopic (exact) mass is 290 g/mol. The standard InChI is InChI=1S/C15H14O6/c16-8-4-11(18)9-6-13(20)15(21-14(9)5-8)7-1-2-10(17)12(19)3-7/h1-5,13,15-20H,6H2/t13-,15?/m0/s1. The number of phenols is 4. The number of aromatic hydroxyl groups is 4. The lowest BCUT2D eigenvalue weighted by Crippen LogP contribution is -2.30. The van der Waals surface area contributed by atoms with Crippen LogP contribution in [-0.2, 0) is 6.42 Å². The van der Waals surface area contributed by atoms with Crippen LogP contribution in [0.5, 0.6) is 28.7 Å². The van der Waals surface area contributed by atoms with Crippen LogP contribution in [0.4, 0.5) is 0 Å². The molecule has 2 aromatic carbocycles. The van der Waals surface area contributed by atoms with Crippen LogP contribution in [0.25, 0.3) is 0 Å². The van der Waals surface area contributed by atoms with E-state index in [0.717, 1.165) is 0 Å². The largest absolute Gasteiger partial charge is 0.508 e. The van der Waals surface area contributed by atoms with Crippen molar-refractivity contribution in [1.29, 1.82) is 0 Å². The Balaban J connectivity index is 2.00. The lowest BCUT2D eigenvalue weighted by Gasteiger charge is -2.31. The average Bonchev–Trinajstić information content (AvgIpc) is 2.42. The van der Waals surface area contributed by atoms with Crippen molar-refractivity contribution in [2.45, 2.75) is 18.6 Å². The number of aliphatic hydroxyl groups is 1. The molecule has 0 radical (unpaired) electrons. The van der Waals surface area contributed by atoms with E-state index in [1.165, 1.54) is 30.3 Å². The quantitative estimate of drug-likeness (QED) is 0.510. The molecule has 0 bridgehead atoms. The van der Waals surface area contributed by atoms with Gasteiger partial charge in [-0.25, -0.2) is 0 Å². The van der Waals surface area contributed by atoms with Gasteiger partial charge in [0.1, 0.15) is 23.4 Å². The van der Waals surface area contributed by atoms with E-state index in [0.29, 0.717) is 11.1 Å². The fraction of sp³-hybridized carbons (Fsp3) is 0.200. The molecule has 110 valence electrons. The second-order valence-corrected chi connectivity index (χ2v) is 5.00. The van der Waals surface area contributed by atoms with Gasteiger partial charge in [0.25, 0.3) is 0 Å². The van der Waals surface area contributed by atoms with E-state index >= 15 is 0 Å². The van der Waals surface area contributed by atoms with E-state index in [2.05, 4.69) is 0 Å². The van der Waals surface area contributed by atoms with E-state index in [1.807, 2.05) is 0 Å². The van der Waals surface area contributed by atoms with Gasteiger partial charge in [0.05, 0.1) is 6.10 Å². The molecule has 3 rings (SSSR count). The van der Waals surface area contributed by atoms with Crippen molar-refractivity contribution in [2.75, 3.05) is 0 Å². The summed E-state index contributed by atoms with van der Waals surface area (Å²) in [5.41, 5.74) is 0.894. The van der Waals surface area contributed by atoms with Gasteiger partial charge >= 0.3 is 0 Å². The molecule has 0 saturated heterocycles. The Hall–Kier alpha value is -2.60. The predicted octanol–water partition coefficient (Wildman–Crippen LogP) is 1.55. The Labute approximate surface area is 120 Å². The lowest BCUT2D eigenvalue weighted by molar-refractivity contribution is 0.0197. The summed E-state index contributed by atoms with van der Waals surface area (Å²) in [6, 6.07) is 6.67. The summed E-state index contributed by atoms with van der Waals surface area (Å²) >= 11 is 0. The SMILES string of the molecule is Oc1cc(O)c2c(c1)OC(c1ccc(O)c(O)c1)[C@@H](O)C2. The van der Waals surface area contributed by atoms with Gasteiger partial charge in [-0.3, -0.25) is 0 Å². The third-order valence-corrected chi connectivity index (χ3v) is 3.51. The zero-order chi connectivity index (χ0) is 15.1. The summed E-state index contributed by atoms with van der Waals surface area (Å²) in [7, 11) is 0. The first kappa shape index (κ1) is 13.4. The van der Waals surface area contributed by atoms with Gasteiger partial charge in [0, 0.05) is 24.1 Å². The molecule has 6 heteroatoms. The molecule has 0 spiro atoms. The minimum atomic E-state index is -0.933. The Morgan fingerprint density at radius 2 is 1.67 bits per heavy atom. The molecule has 1 aliphatic rings. The van der Waals surface area contributed by atoms with Gasteiger partial charge in [-0.2, -0.15) is 0 Å². The van der Waals surface area contributed by atoms with Gasteiger partial charge in [0.15, 0.2) is 11.5 Å². The molecule has 6 nitrogen and oxygen atoms in total. The maximum Gasteiger partial charge on any atom is 0.157 e. The molecule has 0 aromatic heterocycles. The smallest absolute Gasteiger partial charge is 0.157 e. The molecule has 0 aliphatic carbocycles. The second kappa shape index (κ2) is 4.75. The van der Waals surface area contributed by atoms with Gasteiger partial charge in [0.2, 0.25) is 0 Å². The van der Waals surface area contributed by atoms with E-state index in [-0.39, 0.29) is 35.2 Å². The van der Waals surface area contributed by atoms with E-state index in [4.69, 9.17) is 4.74 Å². The molecule has 1 aliphatic heterocycles. The number of phenolic OH excluding ortho intramolecular Hbond substituents is 4. The molecule has 21 heavy (non-hydrogen) atoms. The zero-order valence-corrected chi connectivity index (χ0v) is 10.9. The number of ether oxygens (including phenoxy) is 1. The van der Waals surface area contributed by atoms with E-state index in [9.17, 15) is 25.5 Å². The van der Waals surface area contributed by atoms with Crippen LogP contribution in [0.3, 0.4) is 0 Å². The third kappa shape index (κ3) is 2.30. The normalized spacial score (nSPS) is 20.6. The zero-order valence-electron chi connectivity index (χ0n) is 10.9. The molecule has 0 amide bonds. The maximum absolute atomic E-state index is 10.2. The van der Waals surface area contributed by atoms with E-state index in [1.54, 1.807) is 0 Å². The Morgan fingerprint density at radius 1 is 0.905 bits per heavy atom. The Kier molecular flexibility index (Phi) is 3.03. The predicted molar refractivity (Wildman–Crippen MR) is 72.6 cm³/mol. The number of aliphatic hydroxyl groups excluding tert-OH is 1. The number of benzene rings is 2. The number of hydrogen-bond donors (Lipinski definition) is 5. The lowest BCUT2D eigenvalue weighted by atomic mass is 9.94. The first-order chi connectivity index (χ1) is 9.95. The highest BCUT2D eigenvalue weighted by Gasteiger charge is 2.32. The average molecular weight is 290 g/mol. The van der Waals surface area contributed by atoms with Crippen molar-refractivity contribution >= 4 is 0 Å². The first-order valence-electron chi connectivity index (χ1n) is 6.37. The summed E-state index contributed by atoms with van der Waals surface area (Å²) in [5, 5.41) is 48.3. The molecule has 2 aromatic rings. The van der Waals surface area contributed by atoms with Crippen molar-refractivity contribution in [3.05, 3.63) is 41.5 Å². The van der Waals surface area contributed by atoms with E-state index < -0.39 is 12.2 Å². The van der Waals surface area contributed by atoms with Crippen molar-refractivity contribution in [2.24, 2.45) is 0 Å². The van der Waals surface area contributed by atoms with Crippen LogP contribution in [0.2, 0.25) is 0 Å². The third-order valence-electron chi connectivity index (χ3n) is 3.51. The number of hydrogen-bond acceptors (Lipinski definition) is 6. The van der Waals surface area contributed by atoms with Crippen LogP contribution in [-0.4, -0.2) is 31.6 Å². The summed E-state index contributed by atoms with van der Waals surface area (Å²) in [6.45, 7) is 0. The molecule has 1 unspecified atom stereocenters. The van der Waals surface area contributed by atoms with Gasteiger partial charge in [-0.15, -0.1) is 0 Å². The van der Waals surface area contributed by atoms with Gasteiger partial charge in [-0.1, -0.05) is 6.07 Å².